The lowest BCUT2D eigenvalue weighted by atomic mass is 9.79. The van der Waals surface area contributed by atoms with Crippen molar-refractivity contribution in [1.82, 2.24) is 0 Å². The molecule has 0 aromatic heterocycles. The summed E-state index contributed by atoms with van der Waals surface area (Å²) in [4.78, 5) is -0.240. The van der Waals surface area contributed by atoms with Crippen LogP contribution in [0, 0.1) is 5.82 Å². The van der Waals surface area contributed by atoms with E-state index in [1.165, 1.54) is 30.3 Å². The average molecular weight is 446 g/mol. The van der Waals surface area contributed by atoms with Crippen LogP contribution in [-0.2, 0) is 19.3 Å². The Labute approximate surface area is 174 Å². The van der Waals surface area contributed by atoms with Crippen molar-refractivity contribution < 1.29 is 22.1 Å². The molecule has 28 heavy (non-hydrogen) atoms. The molecule has 150 valence electrons. The summed E-state index contributed by atoms with van der Waals surface area (Å²) in [6.45, 7) is 7.56. The number of rotatable bonds is 4. The van der Waals surface area contributed by atoms with Gasteiger partial charge in [-0.1, -0.05) is 35.3 Å². The molecule has 1 fully saturated rings. The molecule has 1 N–H and O–H groups in total. The highest BCUT2D eigenvalue weighted by molar-refractivity contribution is 7.92. The highest BCUT2D eigenvalue weighted by Crippen LogP contribution is 2.36. The summed E-state index contributed by atoms with van der Waals surface area (Å²) in [5.41, 5.74) is -0.925. The molecule has 10 heteroatoms. The van der Waals surface area contributed by atoms with Crippen LogP contribution in [0.3, 0.4) is 0 Å². The van der Waals surface area contributed by atoms with E-state index in [-0.39, 0.29) is 20.6 Å². The molecular formula is C18H19BCl2FNO4S. The number of hydrogen-bond donors (Lipinski definition) is 1. The van der Waals surface area contributed by atoms with Gasteiger partial charge in [0.1, 0.15) is 10.7 Å². The smallest absolute Gasteiger partial charge is 0.399 e. The summed E-state index contributed by atoms with van der Waals surface area (Å²) < 4.78 is 53.7. The number of benzene rings is 2. The fraction of sp³-hybridized carbons (Fsp3) is 0.333. The Balaban J connectivity index is 1.87. The van der Waals surface area contributed by atoms with Crippen LogP contribution >= 0.6 is 23.2 Å². The molecule has 1 aliphatic heterocycles. The first-order valence-electron chi connectivity index (χ1n) is 8.46. The zero-order chi connectivity index (χ0) is 20.9. The molecule has 2 aromatic carbocycles. The van der Waals surface area contributed by atoms with E-state index in [0.29, 0.717) is 5.46 Å². The van der Waals surface area contributed by atoms with E-state index in [0.717, 1.165) is 0 Å². The maximum absolute atomic E-state index is 14.6. The highest BCUT2D eigenvalue weighted by atomic mass is 35.5. The van der Waals surface area contributed by atoms with Gasteiger partial charge in [0.15, 0.2) is 0 Å². The van der Waals surface area contributed by atoms with Crippen molar-refractivity contribution in [3.63, 3.8) is 0 Å². The fourth-order valence-corrected chi connectivity index (χ4v) is 4.46. The van der Waals surface area contributed by atoms with Crippen LogP contribution in [-0.4, -0.2) is 26.7 Å². The van der Waals surface area contributed by atoms with Crippen molar-refractivity contribution in [2.45, 2.75) is 43.8 Å². The van der Waals surface area contributed by atoms with Crippen LogP contribution < -0.4 is 10.2 Å². The van der Waals surface area contributed by atoms with E-state index in [1.807, 2.05) is 27.7 Å². The van der Waals surface area contributed by atoms with E-state index < -0.39 is 34.2 Å². The first kappa shape index (κ1) is 21.4. The second-order valence-electron chi connectivity index (χ2n) is 7.48. The van der Waals surface area contributed by atoms with Crippen molar-refractivity contribution in [1.29, 1.82) is 0 Å². The minimum Gasteiger partial charge on any atom is -0.399 e. The third-order valence-corrected chi connectivity index (χ3v) is 7.31. The van der Waals surface area contributed by atoms with Gasteiger partial charge >= 0.3 is 7.12 Å². The van der Waals surface area contributed by atoms with Crippen LogP contribution in [0.25, 0.3) is 0 Å². The maximum Gasteiger partial charge on any atom is 0.494 e. The summed E-state index contributed by atoms with van der Waals surface area (Å²) in [5, 5.41) is -0.0490. The summed E-state index contributed by atoms with van der Waals surface area (Å²) in [7, 11) is -4.88. The first-order valence-corrected chi connectivity index (χ1v) is 10.7. The fourth-order valence-electron chi connectivity index (χ4n) is 2.63. The van der Waals surface area contributed by atoms with Crippen LogP contribution in [0.2, 0.25) is 10.0 Å². The Hall–Kier alpha value is -1.32. The Morgan fingerprint density at radius 3 is 2.21 bits per heavy atom. The molecule has 0 amide bonds. The van der Waals surface area contributed by atoms with Crippen LogP contribution in [0.15, 0.2) is 41.3 Å². The molecule has 1 heterocycles. The normalized spacial score (nSPS) is 18.3. The Bertz CT molecular complexity index is 1010. The van der Waals surface area contributed by atoms with E-state index >= 15 is 0 Å². The van der Waals surface area contributed by atoms with Crippen molar-refractivity contribution in [3.05, 3.63) is 52.3 Å². The molecule has 0 bridgehead atoms. The third kappa shape index (κ3) is 3.89. The molecule has 0 unspecified atom stereocenters. The average Bonchev–Trinajstić information content (AvgIpc) is 2.79. The topological polar surface area (TPSA) is 64.6 Å². The van der Waals surface area contributed by atoms with Crippen LogP contribution in [0.1, 0.15) is 27.7 Å². The van der Waals surface area contributed by atoms with E-state index in [1.54, 1.807) is 6.07 Å². The number of hydrogen-bond acceptors (Lipinski definition) is 4. The minimum atomic E-state index is -4.13. The molecule has 2 aromatic rings. The summed E-state index contributed by atoms with van der Waals surface area (Å²) >= 11 is 11.8. The SMILES string of the molecule is CC1(C)OB(c2ccc(NS(=O)(=O)c3cccc(Cl)c3Cl)c(F)c2)OC1(C)C. The Kier molecular flexibility index (Phi) is 5.49. The second kappa shape index (κ2) is 7.18. The zero-order valence-electron chi connectivity index (χ0n) is 15.7. The lowest BCUT2D eigenvalue weighted by molar-refractivity contribution is 0.00578. The molecule has 0 spiro atoms. The van der Waals surface area contributed by atoms with Crippen molar-refractivity contribution >= 4 is 51.5 Å². The molecule has 0 radical (unpaired) electrons. The summed E-state index contributed by atoms with van der Waals surface area (Å²) in [5.74, 6) is -0.770. The molecule has 5 nitrogen and oxygen atoms in total. The highest BCUT2D eigenvalue weighted by Gasteiger charge is 2.51. The predicted molar refractivity (Wildman–Crippen MR) is 109 cm³/mol. The zero-order valence-corrected chi connectivity index (χ0v) is 18.0. The van der Waals surface area contributed by atoms with Gasteiger partial charge in [0.2, 0.25) is 0 Å². The van der Waals surface area contributed by atoms with Gasteiger partial charge in [-0.05, 0) is 57.4 Å². The molecule has 0 saturated carbocycles. The van der Waals surface area contributed by atoms with E-state index in [9.17, 15) is 12.8 Å². The summed E-state index contributed by atoms with van der Waals surface area (Å²) in [6, 6.07) is 8.23. The molecule has 1 aliphatic rings. The van der Waals surface area contributed by atoms with Crippen molar-refractivity contribution in [3.8, 4) is 0 Å². The number of anilines is 1. The predicted octanol–water partition coefficient (Wildman–Crippen LogP) is 4.23. The van der Waals surface area contributed by atoms with Gasteiger partial charge in [0.05, 0.1) is 26.9 Å². The van der Waals surface area contributed by atoms with E-state index in [4.69, 9.17) is 32.5 Å². The van der Waals surface area contributed by atoms with Gasteiger partial charge in [-0.25, -0.2) is 12.8 Å². The van der Waals surface area contributed by atoms with Crippen LogP contribution in [0.5, 0.6) is 0 Å². The summed E-state index contributed by atoms with van der Waals surface area (Å²) in [6.07, 6.45) is 0. The van der Waals surface area contributed by atoms with Gasteiger partial charge in [-0.3, -0.25) is 4.72 Å². The maximum atomic E-state index is 14.6. The third-order valence-electron chi connectivity index (χ3n) is 4.97. The first-order chi connectivity index (χ1) is 12.8. The van der Waals surface area contributed by atoms with Gasteiger partial charge in [0.25, 0.3) is 10.0 Å². The molecule has 0 atom stereocenters. The monoisotopic (exact) mass is 445 g/mol. The van der Waals surface area contributed by atoms with Gasteiger partial charge < -0.3 is 9.31 Å². The Morgan fingerprint density at radius 2 is 1.64 bits per heavy atom. The van der Waals surface area contributed by atoms with Crippen LogP contribution in [0.4, 0.5) is 10.1 Å². The van der Waals surface area contributed by atoms with E-state index in [2.05, 4.69) is 4.72 Å². The van der Waals surface area contributed by atoms with Crippen molar-refractivity contribution in [2.75, 3.05) is 4.72 Å². The van der Waals surface area contributed by atoms with Gasteiger partial charge in [-0.2, -0.15) is 0 Å². The molecule has 1 saturated heterocycles. The molecule has 0 aliphatic carbocycles. The largest absolute Gasteiger partial charge is 0.494 e. The standard InChI is InChI=1S/C18H19BCl2FNO4S/c1-17(2)18(3,4)27-19(26-17)11-8-9-14(13(22)10-11)23-28(24,25)15-7-5-6-12(20)16(15)21/h5-10,23H,1-4H3. The van der Waals surface area contributed by atoms with Crippen molar-refractivity contribution in [2.24, 2.45) is 0 Å². The van der Waals surface area contributed by atoms with Gasteiger partial charge in [0, 0.05) is 0 Å². The number of halogens is 3. The minimum absolute atomic E-state index is 0.0844. The lowest BCUT2D eigenvalue weighted by Crippen LogP contribution is -2.41. The lowest BCUT2D eigenvalue weighted by Gasteiger charge is -2.32. The Morgan fingerprint density at radius 1 is 1.04 bits per heavy atom. The quantitative estimate of drug-likeness (QED) is 0.715. The molecule has 3 rings (SSSR count). The number of sulfonamides is 1. The van der Waals surface area contributed by atoms with Gasteiger partial charge in [-0.15, -0.1) is 0 Å². The second-order valence-corrected chi connectivity index (χ2v) is 9.92. The molecular weight excluding hydrogens is 427 g/mol. The number of nitrogens with one attached hydrogen (secondary N) is 1.